The summed E-state index contributed by atoms with van der Waals surface area (Å²) < 4.78 is 46.3. The smallest absolute Gasteiger partial charge is 0.361 e. The van der Waals surface area contributed by atoms with Gasteiger partial charge in [0.25, 0.3) is 5.91 Å². The predicted octanol–water partition coefficient (Wildman–Crippen LogP) is 3.53. The van der Waals surface area contributed by atoms with Crippen molar-refractivity contribution in [1.29, 1.82) is 0 Å². The number of halogens is 3. The van der Waals surface area contributed by atoms with Gasteiger partial charge >= 0.3 is 6.18 Å². The van der Waals surface area contributed by atoms with Gasteiger partial charge < -0.3 is 14.3 Å². The molecule has 1 N–H and O–H groups in total. The van der Waals surface area contributed by atoms with E-state index >= 15 is 0 Å². The van der Waals surface area contributed by atoms with Crippen LogP contribution in [0.4, 0.5) is 19.0 Å². The quantitative estimate of drug-likeness (QED) is 0.380. The molecule has 0 aliphatic carbocycles. The van der Waals surface area contributed by atoms with Gasteiger partial charge in [0, 0.05) is 43.8 Å². The molecule has 1 atom stereocenters. The number of aromatic nitrogens is 7. The molecule has 0 saturated carbocycles. The maximum Gasteiger partial charge on any atom is 0.417 e. The number of carbonyl (C=O) groups is 1. The van der Waals surface area contributed by atoms with Gasteiger partial charge in [0.15, 0.2) is 5.82 Å². The summed E-state index contributed by atoms with van der Waals surface area (Å²) in [6.45, 7) is 2.93. The highest BCUT2D eigenvalue weighted by Crippen LogP contribution is 2.32. The number of nitrogens with zero attached hydrogens (tertiary/aromatic N) is 8. The van der Waals surface area contributed by atoms with Crippen molar-refractivity contribution in [3.63, 3.8) is 0 Å². The Kier molecular flexibility index (Phi) is 5.58. The van der Waals surface area contributed by atoms with Gasteiger partial charge in [-0.25, -0.2) is 15.0 Å². The zero-order valence-electron chi connectivity index (χ0n) is 19.9. The number of piperazine rings is 1. The summed E-state index contributed by atoms with van der Waals surface area (Å²) in [6, 6.07) is 3.66. The Balaban J connectivity index is 1.32. The molecule has 194 valence electrons. The molecule has 0 aromatic carbocycles. The van der Waals surface area contributed by atoms with E-state index in [2.05, 4.69) is 30.3 Å². The van der Waals surface area contributed by atoms with Crippen LogP contribution in [0, 0.1) is 6.92 Å². The molecule has 38 heavy (non-hydrogen) atoms. The molecular formula is C24H20F3N9O2. The van der Waals surface area contributed by atoms with Crippen LogP contribution >= 0.6 is 0 Å². The van der Waals surface area contributed by atoms with E-state index in [9.17, 15) is 18.0 Å². The van der Waals surface area contributed by atoms with Gasteiger partial charge in [0.2, 0.25) is 0 Å². The van der Waals surface area contributed by atoms with Crippen LogP contribution in [0.3, 0.4) is 0 Å². The average molecular weight is 523 g/mol. The first-order chi connectivity index (χ1) is 18.3. The second-order valence-electron chi connectivity index (χ2n) is 8.81. The van der Waals surface area contributed by atoms with Crippen molar-refractivity contribution in [2.75, 3.05) is 24.5 Å². The SMILES string of the molecule is Cc1oncc1C(=O)N1CCN(c2ccnc(-c3cnc4ccc(C(F)(F)F)cn34)n2)CC1c1cn[nH]c1. The fraction of sp³-hybridized carbons (Fsp3) is 0.250. The van der Waals surface area contributed by atoms with Crippen LogP contribution in [0.15, 0.2) is 59.9 Å². The first kappa shape index (κ1) is 23.6. The lowest BCUT2D eigenvalue weighted by molar-refractivity contribution is -0.137. The molecule has 5 aromatic heterocycles. The number of hydrogen-bond donors (Lipinski definition) is 1. The standard InChI is InChI=1S/C24H20F3N9O2/c1-14-17(10-32-38-14)23(37)35-7-6-34(13-19(35)15-8-30-31-9-15)21-4-5-28-22(33-21)18-11-29-20-3-2-16(12-36(18)20)24(25,26)27/h2-5,8-12,19H,6-7,13H2,1H3,(H,30,31). The van der Waals surface area contributed by atoms with Gasteiger partial charge in [-0.3, -0.25) is 14.3 Å². The lowest BCUT2D eigenvalue weighted by Gasteiger charge is -2.41. The Morgan fingerprint density at radius 2 is 2.00 bits per heavy atom. The summed E-state index contributed by atoms with van der Waals surface area (Å²) in [5.41, 5.74) is 1.08. The van der Waals surface area contributed by atoms with Gasteiger partial charge in [-0.2, -0.15) is 18.3 Å². The van der Waals surface area contributed by atoms with E-state index in [1.807, 2.05) is 4.90 Å². The van der Waals surface area contributed by atoms with Crippen LogP contribution in [0.2, 0.25) is 0 Å². The number of aromatic amines is 1. The number of aryl methyl sites for hydroxylation is 1. The highest BCUT2D eigenvalue weighted by Gasteiger charge is 2.35. The summed E-state index contributed by atoms with van der Waals surface area (Å²) in [4.78, 5) is 30.2. The zero-order chi connectivity index (χ0) is 26.4. The monoisotopic (exact) mass is 523 g/mol. The average Bonchev–Trinajstić information content (AvgIpc) is 3.68. The maximum atomic E-state index is 13.3. The fourth-order valence-electron chi connectivity index (χ4n) is 4.58. The second-order valence-corrected chi connectivity index (χ2v) is 8.81. The van der Waals surface area contributed by atoms with Gasteiger partial charge in [-0.1, -0.05) is 5.16 Å². The Bertz CT molecular complexity index is 1610. The Hall–Kier alpha value is -4.75. The summed E-state index contributed by atoms with van der Waals surface area (Å²) >= 11 is 0. The van der Waals surface area contributed by atoms with E-state index in [0.29, 0.717) is 48.1 Å². The number of carbonyl (C=O) groups excluding carboxylic acids is 1. The third kappa shape index (κ3) is 4.13. The first-order valence-electron chi connectivity index (χ1n) is 11.6. The first-order valence-corrected chi connectivity index (χ1v) is 11.6. The van der Waals surface area contributed by atoms with E-state index in [1.54, 1.807) is 36.5 Å². The number of pyridine rings is 1. The van der Waals surface area contributed by atoms with E-state index in [4.69, 9.17) is 4.52 Å². The van der Waals surface area contributed by atoms with E-state index in [0.717, 1.165) is 17.8 Å². The largest absolute Gasteiger partial charge is 0.417 e. The molecule has 1 amide bonds. The molecule has 6 heterocycles. The van der Waals surface area contributed by atoms with Crippen molar-refractivity contribution in [3.05, 3.63) is 77.8 Å². The number of amides is 1. The molecule has 1 unspecified atom stereocenters. The van der Waals surface area contributed by atoms with E-state index < -0.39 is 11.7 Å². The molecule has 0 bridgehead atoms. The second kappa shape index (κ2) is 8.97. The number of H-pyrrole nitrogens is 1. The van der Waals surface area contributed by atoms with Crippen molar-refractivity contribution in [2.45, 2.75) is 19.1 Å². The Morgan fingerprint density at radius 3 is 2.74 bits per heavy atom. The molecular weight excluding hydrogens is 503 g/mol. The lowest BCUT2D eigenvalue weighted by atomic mass is 10.0. The molecule has 14 heteroatoms. The number of imidazole rings is 1. The number of alkyl halides is 3. The molecule has 11 nitrogen and oxygen atoms in total. The van der Waals surface area contributed by atoms with E-state index in [-0.39, 0.29) is 17.8 Å². The summed E-state index contributed by atoms with van der Waals surface area (Å²) in [6.07, 6.45) is 4.29. The predicted molar refractivity (Wildman–Crippen MR) is 127 cm³/mol. The Labute approximate surface area is 212 Å². The van der Waals surface area contributed by atoms with Gasteiger partial charge in [-0.15, -0.1) is 0 Å². The summed E-state index contributed by atoms with van der Waals surface area (Å²) in [5.74, 6) is 1.03. The Morgan fingerprint density at radius 1 is 1.13 bits per heavy atom. The van der Waals surface area contributed by atoms with Crippen molar-refractivity contribution < 1.29 is 22.5 Å². The van der Waals surface area contributed by atoms with Crippen LogP contribution in [-0.4, -0.2) is 65.1 Å². The number of rotatable bonds is 4. The van der Waals surface area contributed by atoms with Crippen molar-refractivity contribution >= 4 is 17.4 Å². The van der Waals surface area contributed by atoms with Crippen LogP contribution in [0.1, 0.15) is 33.3 Å². The minimum absolute atomic E-state index is 0.204. The van der Waals surface area contributed by atoms with Crippen LogP contribution in [0.5, 0.6) is 0 Å². The van der Waals surface area contributed by atoms with Crippen molar-refractivity contribution in [2.24, 2.45) is 0 Å². The highest BCUT2D eigenvalue weighted by atomic mass is 19.4. The molecule has 6 rings (SSSR count). The van der Waals surface area contributed by atoms with Gasteiger partial charge in [0.1, 0.15) is 28.5 Å². The number of nitrogens with one attached hydrogen (secondary N) is 1. The normalized spacial score (nSPS) is 16.4. The number of fused-ring (bicyclic) bond motifs is 1. The molecule has 1 fully saturated rings. The number of anilines is 1. The van der Waals surface area contributed by atoms with Crippen LogP contribution in [0.25, 0.3) is 17.2 Å². The highest BCUT2D eigenvalue weighted by molar-refractivity contribution is 5.95. The van der Waals surface area contributed by atoms with E-state index in [1.165, 1.54) is 22.9 Å². The van der Waals surface area contributed by atoms with Gasteiger partial charge in [0.05, 0.1) is 30.2 Å². The summed E-state index contributed by atoms with van der Waals surface area (Å²) in [7, 11) is 0. The van der Waals surface area contributed by atoms with Crippen molar-refractivity contribution in [3.8, 4) is 11.5 Å². The zero-order valence-corrected chi connectivity index (χ0v) is 19.9. The molecule has 0 spiro atoms. The minimum Gasteiger partial charge on any atom is -0.361 e. The maximum absolute atomic E-state index is 13.3. The minimum atomic E-state index is -4.50. The van der Waals surface area contributed by atoms with Crippen LogP contribution < -0.4 is 4.90 Å². The van der Waals surface area contributed by atoms with Gasteiger partial charge in [-0.05, 0) is 25.1 Å². The fourth-order valence-corrected chi connectivity index (χ4v) is 4.58. The molecule has 5 aromatic rings. The lowest BCUT2D eigenvalue weighted by Crippen LogP contribution is -2.51. The summed E-state index contributed by atoms with van der Waals surface area (Å²) in [5, 5.41) is 10.6. The molecule has 0 radical (unpaired) electrons. The third-order valence-corrected chi connectivity index (χ3v) is 6.55. The molecule has 1 aliphatic rings. The topological polar surface area (TPSA) is 121 Å². The number of hydrogen-bond acceptors (Lipinski definition) is 8. The molecule has 1 saturated heterocycles. The van der Waals surface area contributed by atoms with Crippen molar-refractivity contribution in [1.82, 2.24) is 39.6 Å². The molecule has 1 aliphatic heterocycles. The third-order valence-electron chi connectivity index (χ3n) is 6.55. The van der Waals surface area contributed by atoms with Crippen LogP contribution in [-0.2, 0) is 6.18 Å².